The largest absolute Gasteiger partial charge is 0.416 e. The number of anilines is 1. The predicted octanol–water partition coefficient (Wildman–Crippen LogP) is 5.77. The Morgan fingerprint density at radius 1 is 1.04 bits per heavy atom. The topological polar surface area (TPSA) is 24.1 Å². The van der Waals surface area contributed by atoms with E-state index in [0.717, 1.165) is 37.8 Å². The Hall–Kier alpha value is -2.08. The lowest BCUT2D eigenvalue weighted by molar-refractivity contribution is -0.137. The fraction of sp³-hybridized carbons (Fsp3) is 0.350. The van der Waals surface area contributed by atoms with Crippen LogP contribution in [-0.2, 0) is 11.7 Å². The molecule has 0 unspecified atom stereocenters. The highest BCUT2D eigenvalue weighted by Crippen LogP contribution is 2.39. The highest BCUT2D eigenvalue weighted by molar-refractivity contribution is 7.80. The summed E-state index contributed by atoms with van der Waals surface area (Å²) in [4.78, 5) is 0. The van der Waals surface area contributed by atoms with Crippen molar-refractivity contribution in [1.82, 2.24) is 5.32 Å². The molecule has 26 heavy (non-hydrogen) atoms. The van der Waals surface area contributed by atoms with Gasteiger partial charge in [0.25, 0.3) is 0 Å². The molecule has 0 heterocycles. The summed E-state index contributed by atoms with van der Waals surface area (Å²) in [5, 5.41) is 6.63. The van der Waals surface area contributed by atoms with Gasteiger partial charge < -0.3 is 10.6 Å². The van der Waals surface area contributed by atoms with E-state index in [0.29, 0.717) is 10.8 Å². The molecule has 138 valence electrons. The van der Waals surface area contributed by atoms with Crippen molar-refractivity contribution >= 4 is 23.0 Å². The molecule has 0 bridgehead atoms. The molecule has 2 N–H and O–H groups in total. The van der Waals surface area contributed by atoms with E-state index in [1.54, 1.807) is 6.07 Å². The molecular weight excluding hydrogens is 357 g/mol. The first kappa shape index (κ1) is 18.7. The molecule has 1 fully saturated rings. The number of benzene rings is 2. The zero-order valence-corrected chi connectivity index (χ0v) is 15.3. The Morgan fingerprint density at radius 2 is 1.73 bits per heavy atom. The zero-order chi connectivity index (χ0) is 18.8. The first-order chi connectivity index (χ1) is 12.3. The summed E-state index contributed by atoms with van der Waals surface area (Å²) in [5.74, 6) is 0. The minimum atomic E-state index is -4.37. The SMILES string of the molecule is Cc1cccc(C2(NC(=S)Nc3cccc(C(F)(F)F)c3)CCCC2)c1. The van der Waals surface area contributed by atoms with Gasteiger partial charge >= 0.3 is 6.18 Å². The van der Waals surface area contributed by atoms with Crippen molar-refractivity contribution in [1.29, 1.82) is 0 Å². The van der Waals surface area contributed by atoms with E-state index in [4.69, 9.17) is 12.2 Å². The highest BCUT2D eigenvalue weighted by atomic mass is 32.1. The van der Waals surface area contributed by atoms with Crippen LogP contribution in [0.15, 0.2) is 48.5 Å². The summed E-state index contributed by atoms with van der Waals surface area (Å²) >= 11 is 5.41. The first-order valence-electron chi connectivity index (χ1n) is 8.62. The third-order valence-corrected chi connectivity index (χ3v) is 5.03. The van der Waals surface area contributed by atoms with Gasteiger partial charge in [0.15, 0.2) is 5.11 Å². The molecule has 0 saturated heterocycles. The maximum absolute atomic E-state index is 12.9. The van der Waals surface area contributed by atoms with Crippen molar-refractivity contribution in [2.24, 2.45) is 0 Å². The lowest BCUT2D eigenvalue weighted by Crippen LogP contribution is -2.45. The van der Waals surface area contributed by atoms with Gasteiger partial charge in [-0.25, -0.2) is 0 Å². The van der Waals surface area contributed by atoms with Gasteiger partial charge in [-0.1, -0.05) is 48.7 Å². The van der Waals surface area contributed by atoms with Gasteiger partial charge in [-0.3, -0.25) is 0 Å². The van der Waals surface area contributed by atoms with Gasteiger partial charge in [-0.15, -0.1) is 0 Å². The van der Waals surface area contributed by atoms with Gasteiger partial charge in [-0.2, -0.15) is 13.2 Å². The standard InChI is InChI=1S/C20H21F3N2S/c1-14-6-4-7-15(12-14)19(10-2-3-11-19)25-18(26)24-17-9-5-8-16(13-17)20(21,22)23/h4-9,12-13H,2-3,10-11H2,1H3,(H2,24,25,26). The summed E-state index contributed by atoms with van der Waals surface area (Å²) in [6.07, 6.45) is -0.303. The van der Waals surface area contributed by atoms with Gasteiger partial charge in [0.05, 0.1) is 11.1 Å². The Kier molecular flexibility index (Phi) is 5.23. The van der Waals surface area contributed by atoms with Crippen molar-refractivity contribution in [2.75, 3.05) is 5.32 Å². The summed E-state index contributed by atoms with van der Waals surface area (Å²) in [6, 6.07) is 13.4. The number of rotatable bonds is 3. The Labute approximate surface area is 156 Å². The summed E-state index contributed by atoms with van der Waals surface area (Å²) in [6.45, 7) is 2.05. The number of thiocarbonyl (C=S) groups is 1. The number of alkyl halides is 3. The molecule has 6 heteroatoms. The van der Waals surface area contributed by atoms with Crippen LogP contribution < -0.4 is 10.6 Å². The molecule has 1 aliphatic rings. The second-order valence-electron chi connectivity index (χ2n) is 6.82. The molecule has 0 spiro atoms. The van der Waals surface area contributed by atoms with Crippen LogP contribution in [0.25, 0.3) is 0 Å². The van der Waals surface area contributed by atoms with Gasteiger partial charge in [0.2, 0.25) is 0 Å². The van der Waals surface area contributed by atoms with E-state index in [2.05, 4.69) is 22.8 Å². The highest BCUT2D eigenvalue weighted by Gasteiger charge is 2.36. The van der Waals surface area contributed by atoms with Crippen LogP contribution in [0.2, 0.25) is 0 Å². The van der Waals surface area contributed by atoms with Crippen molar-refractivity contribution < 1.29 is 13.2 Å². The lowest BCUT2D eigenvalue weighted by atomic mass is 9.87. The van der Waals surface area contributed by atoms with Crippen molar-refractivity contribution in [3.05, 3.63) is 65.2 Å². The molecule has 2 aromatic carbocycles. The van der Waals surface area contributed by atoms with Crippen LogP contribution in [0.5, 0.6) is 0 Å². The van der Waals surface area contributed by atoms with Crippen molar-refractivity contribution in [2.45, 2.75) is 44.3 Å². The zero-order valence-electron chi connectivity index (χ0n) is 14.5. The first-order valence-corrected chi connectivity index (χ1v) is 9.03. The average Bonchev–Trinajstić information content (AvgIpc) is 3.04. The molecule has 0 radical (unpaired) electrons. The van der Waals surface area contributed by atoms with Crippen LogP contribution in [0, 0.1) is 6.92 Å². The number of hydrogen-bond acceptors (Lipinski definition) is 1. The quantitative estimate of drug-likeness (QED) is 0.663. The summed E-state index contributed by atoms with van der Waals surface area (Å²) < 4.78 is 38.6. The van der Waals surface area contributed by atoms with E-state index in [1.807, 2.05) is 19.1 Å². The summed E-state index contributed by atoms with van der Waals surface area (Å²) in [5.41, 5.74) is 1.71. The van der Waals surface area contributed by atoms with E-state index >= 15 is 0 Å². The minimum Gasteiger partial charge on any atom is -0.353 e. The smallest absolute Gasteiger partial charge is 0.353 e. The third kappa shape index (κ3) is 4.18. The summed E-state index contributed by atoms with van der Waals surface area (Å²) in [7, 11) is 0. The van der Waals surface area contributed by atoms with Crippen molar-refractivity contribution in [3.8, 4) is 0 Å². The maximum Gasteiger partial charge on any atom is 0.416 e. The second kappa shape index (κ2) is 7.27. The molecule has 0 aliphatic heterocycles. The van der Waals surface area contributed by atoms with E-state index in [-0.39, 0.29) is 5.54 Å². The van der Waals surface area contributed by atoms with Gasteiger partial charge in [0, 0.05) is 5.69 Å². The Morgan fingerprint density at radius 3 is 2.38 bits per heavy atom. The van der Waals surface area contributed by atoms with Crippen LogP contribution in [0.1, 0.15) is 42.4 Å². The number of halogens is 3. The molecule has 2 nitrogen and oxygen atoms in total. The molecule has 3 rings (SSSR count). The molecule has 1 aliphatic carbocycles. The number of hydrogen-bond donors (Lipinski definition) is 2. The van der Waals surface area contributed by atoms with Crippen LogP contribution in [-0.4, -0.2) is 5.11 Å². The molecule has 2 aromatic rings. The lowest BCUT2D eigenvalue weighted by Gasteiger charge is -2.33. The number of aryl methyl sites for hydroxylation is 1. The number of nitrogens with one attached hydrogen (secondary N) is 2. The van der Waals surface area contributed by atoms with E-state index in [1.165, 1.54) is 17.2 Å². The molecule has 0 amide bonds. The minimum absolute atomic E-state index is 0.266. The Bertz CT molecular complexity index is 796. The van der Waals surface area contributed by atoms with Crippen LogP contribution in [0.4, 0.5) is 18.9 Å². The normalized spacial score (nSPS) is 16.3. The predicted molar refractivity (Wildman–Crippen MR) is 102 cm³/mol. The fourth-order valence-electron chi connectivity index (χ4n) is 3.56. The van der Waals surface area contributed by atoms with Crippen LogP contribution in [0.3, 0.4) is 0 Å². The molecular formula is C20H21F3N2S. The second-order valence-corrected chi connectivity index (χ2v) is 7.22. The molecule has 1 saturated carbocycles. The van der Waals surface area contributed by atoms with E-state index < -0.39 is 11.7 Å². The Balaban J connectivity index is 1.78. The van der Waals surface area contributed by atoms with Gasteiger partial charge in [0.1, 0.15) is 0 Å². The van der Waals surface area contributed by atoms with E-state index in [9.17, 15) is 13.2 Å². The van der Waals surface area contributed by atoms with Crippen LogP contribution >= 0.6 is 12.2 Å². The molecule has 0 atom stereocenters. The van der Waals surface area contributed by atoms with Crippen molar-refractivity contribution in [3.63, 3.8) is 0 Å². The third-order valence-electron chi connectivity index (χ3n) is 4.83. The average molecular weight is 378 g/mol. The maximum atomic E-state index is 12.9. The monoisotopic (exact) mass is 378 g/mol. The fourth-order valence-corrected chi connectivity index (χ4v) is 3.87. The molecule has 0 aromatic heterocycles. The van der Waals surface area contributed by atoms with Gasteiger partial charge in [-0.05, 0) is 55.7 Å².